The van der Waals surface area contributed by atoms with Crippen molar-refractivity contribution in [2.45, 2.75) is 4.90 Å². The van der Waals surface area contributed by atoms with E-state index in [9.17, 15) is 9.59 Å². The van der Waals surface area contributed by atoms with E-state index >= 15 is 0 Å². The normalized spacial score (nSPS) is 10.1. The van der Waals surface area contributed by atoms with E-state index in [0.29, 0.717) is 5.69 Å². The number of carboxylic acids is 1. The van der Waals surface area contributed by atoms with Gasteiger partial charge in [-0.1, -0.05) is 29.8 Å². The lowest BCUT2D eigenvalue weighted by atomic mass is 10.2. The molecule has 2 rings (SSSR count). The maximum Gasteiger partial charge on any atom is 0.335 e. The van der Waals surface area contributed by atoms with E-state index in [2.05, 4.69) is 5.32 Å². The van der Waals surface area contributed by atoms with Crippen molar-refractivity contribution in [1.29, 1.82) is 0 Å². The van der Waals surface area contributed by atoms with Crippen LogP contribution in [0.2, 0.25) is 5.02 Å². The van der Waals surface area contributed by atoms with Crippen LogP contribution in [-0.2, 0) is 4.79 Å². The van der Waals surface area contributed by atoms with E-state index in [0.717, 1.165) is 4.90 Å². The molecule has 0 bridgehead atoms. The first kappa shape index (κ1) is 15.4. The maximum absolute atomic E-state index is 11.9. The van der Waals surface area contributed by atoms with Crippen LogP contribution in [0.5, 0.6) is 0 Å². The Labute approximate surface area is 131 Å². The molecule has 0 aliphatic carbocycles. The number of carboxylic acid groups (broad SMARTS) is 1. The first-order chi connectivity index (χ1) is 10.0. The number of anilines is 1. The molecule has 1 amide bonds. The number of thioether (sulfide) groups is 1. The number of amides is 1. The average molecular weight is 322 g/mol. The van der Waals surface area contributed by atoms with Gasteiger partial charge in [0.2, 0.25) is 5.91 Å². The van der Waals surface area contributed by atoms with Crippen LogP contribution in [-0.4, -0.2) is 22.7 Å². The fourth-order valence-corrected chi connectivity index (χ4v) is 2.60. The predicted molar refractivity (Wildman–Crippen MR) is 84.2 cm³/mol. The largest absolute Gasteiger partial charge is 0.478 e. The number of hydrogen-bond acceptors (Lipinski definition) is 3. The number of benzene rings is 2. The standard InChI is InChI=1S/C15H12ClNO3S/c16-11-6-10(15(19)20)7-12(8-11)17-14(18)9-21-13-4-2-1-3-5-13/h1-8H,9H2,(H,17,18)(H,19,20). The summed E-state index contributed by atoms with van der Waals surface area (Å²) in [6.07, 6.45) is 0. The minimum atomic E-state index is -1.09. The molecule has 0 saturated heterocycles. The zero-order valence-corrected chi connectivity index (χ0v) is 12.4. The highest BCUT2D eigenvalue weighted by Crippen LogP contribution is 2.21. The second-order valence-electron chi connectivity index (χ2n) is 4.18. The van der Waals surface area contributed by atoms with Crippen molar-refractivity contribution in [3.8, 4) is 0 Å². The summed E-state index contributed by atoms with van der Waals surface area (Å²) in [6, 6.07) is 13.8. The third kappa shape index (κ3) is 4.81. The van der Waals surface area contributed by atoms with E-state index in [4.69, 9.17) is 16.7 Å². The molecule has 0 aliphatic rings. The monoisotopic (exact) mass is 321 g/mol. The molecule has 0 radical (unpaired) electrons. The number of carbonyl (C=O) groups excluding carboxylic acids is 1. The molecule has 108 valence electrons. The second-order valence-corrected chi connectivity index (χ2v) is 5.67. The molecule has 2 aromatic rings. The Kier molecular flexibility index (Phi) is 5.25. The van der Waals surface area contributed by atoms with Gasteiger partial charge in [0, 0.05) is 15.6 Å². The van der Waals surface area contributed by atoms with E-state index in [1.165, 1.54) is 30.0 Å². The van der Waals surface area contributed by atoms with Crippen LogP contribution in [0.25, 0.3) is 0 Å². The van der Waals surface area contributed by atoms with E-state index in [1.807, 2.05) is 30.3 Å². The van der Waals surface area contributed by atoms with E-state index < -0.39 is 5.97 Å². The van der Waals surface area contributed by atoms with Crippen molar-refractivity contribution in [3.05, 3.63) is 59.1 Å². The lowest BCUT2D eigenvalue weighted by molar-refractivity contribution is -0.113. The zero-order chi connectivity index (χ0) is 15.2. The SMILES string of the molecule is O=C(CSc1ccccc1)Nc1cc(Cl)cc(C(=O)O)c1. The van der Waals surface area contributed by atoms with Crippen molar-refractivity contribution in [3.63, 3.8) is 0 Å². The van der Waals surface area contributed by atoms with Gasteiger partial charge in [-0.3, -0.25) is 4.79 Å². The van der Waals surface area contributed by atoms with Crippen LogP contribution in [0, 0.1) is 0 Å². The van der Waals surface area contributed by atoms with Gasteiger partial charge < -0.3 is 10.4 Å². The number of nitrogens with one attached hydrogen (secondary N) is 1. The Balaban J connectivity index is 1.98. The number of rotatable bonds is 5. The highest BCUT2D eigenvalue weighted by molar-refractivity contribution is 8.00. The lowest BCUT2D eigenvalue weighted by Gasteiger charge is -2.07. The molecule has 0 saturated carbocycles. The van der Waals surface area contributed by atoms with Crippen molar-refractivity contribution in [1.82, 2.24) is 0 Å². The Morgan fingerprint density at radius 1 is 1.14 bits per heavy atom. The number of aromatic carboxylic acids is 1. The highest BCUT2D eigenvalue weighted by Gasteiger charge is 2.09. The summed E-state index contributed by atoms with van der Waals surface area (Å²) in [5.74, 6) is -1.08. The molecule has 4 nitrogen and oxygen atoms in total. The summed E-state index contributed by atoms with van der Waals surface area (Å²) < 4.78 is 0. The molecule has 0 aromatic heterocycles. The number of halogens is 1. The van der Waals surface area contributed by atoms with Gasteiger partial charge in [-0.2, -0.15) is 0 Å². The number of hydrogen-bond donors (Lipinski definition) is 2. The Bertz CT molecular complexity index is 661. The van der Waals surface area contributed by atoms with Gasteiger partial charge in [-0.15, -0.1) is 11.8 Å². The van der Waals surface area contributed by atoms with Gasteiger partial charge in [-0.05, 0) is 30.3 Å². The van der Waals surface area contributed by atoms with Crippen molar-refractivity contribution in [2.24, 2.45) is 0 Å². The third-order valence-corrected chi connectivity index (χ3v) is 3.77. The second kappa shape index (κ2) is 7.15. The van der Waals surface area contributed by atoms with E-state index in [1.54, 1.807) is 0 Å². The fraction of sp³-hybridized carbons (Fsp3) is 0.0667. The van der Waals surface area contributed by atoms with Gasteiger partial charge >= 0.3 is 5.97 Å². The summed E-state index contributed by atoms with van der Waals surface area (Å²) >= 11 is 7.23. The molecule has 0 aliphatic heterocycles. The fourth-order valence-electron chi connectivity index (χ4n) is 1.65. The molecule has 0 unspecified atom stereocenters. The first-order valence-corrected chi connectivity index (χ1v) is 7.42. The van der Waals surface area contributed by atoms with Crippen LogP contribution >= 0.6 is 23.4 Å². The quantitative estimate of drug-likeness (QED) is 0.823. The molecule has 6 heteroatoms. The molecule has 2 aromatic carbocycles. The molecule has 0 heterocycles. The van der Waals surface area contributed by atoms with E-state index in [-0.39, 0.29) is 22.2 Å². The van der Waals surface area contributed by atoms with Gasteiger partial charge in [0.15, 0.2) is 0 Å². The third-order valence-electron chi connectivity index (χ3n) is 2.54. The minimum Gasteiger partial charge on any atom is -0.478 e. The summed E-state index contributed by atoms with van der Waals surface area (Å²) in [6.45, 7) is 0. The van der Waals surface area contributed by atoms with Crippen LogP contribution < -0.4 is 5.32 Å². The Morgan fingerprint density at radius 3 is 2.52 bits per heavy atom. The molecule has 0 fully saturated rings. The summed E-state index contributed by atoms with van der Waals surface area (Å²) in [4.78, 5) is 23.8. The molecule has 0 spiro atoms. The smallest absolute Gasteiger partial charge is 0.335 e. The van der Waals surface area contributed by atoms with Gasteiger partial charge in [0.25, 0.3) is 0 Å². The van der Waals surface area contributed by atoms with Crippen LogP contribution in [0.3, 0.4) is 0 Å². The molecule has 0 atom stereocenters. The lowest BCUT2D eigenvalue weighted by Crippen LogP contribution is -2.14. The van der Waals surface area contributed by atoms with Gasteiger partial charge in [0.05, 0.1) is 11.3 Å². The van der Waals surface area contributed by atoms with Crippen molar-refractivity contribution >= 4 is 40.9 Å². The number of carbonyl (C=O) groups is 2. The van der Waals surface area contributed by atoms with Crippen LogP contribution in [0.4, 0.5) is 5.69 Å². The topological polar surface area (TPSA) is 66.4 Å². The van der Waals surface area contributed by atoms with Gasteiger partial charge in [0.1, 0.15) is 0 Å². The Hall–Kier alpha value is -1.98. The molecular weight excluding hydrogens is 310 g/mol. The van der Waals surface area contributed by atoms with Crippen LogP contribution in [0.15, 0.2) is 53.4 Å². The first-order valence-electron chi connectivity index (χ1n) is 6.06. The molecule has 2 N–H and O–H groups in total. The zero-order valence-electron chi connectivity index (χ0n) is 10.9. The van der Waals surface area contributed by atoms with Crippen molar-refractivity contribution < 1.29 is 14.7 Å². The highest BCUT2D eigenvalue weighted by atomic mass is 35.5. The summed E-state index contributed by atoms with van der Waals surface area (Å²) in [5, 5.41) is 11.8. The summed E-state index contributed by atoms with van der Waals surface area (Å²) in [7, 11) is 0. The predicted octanol–water partition coefficient (Wildman–Crippen LogP) is 3.77. The van der Waals surface area contributed by atoms with Crippen LogP contribution in [0.1, 0.15) is 10.4 Å². The minimum absolute atomic E-state index is 0.0357. The Morgan fingerprint density at radius 2 is 1.86 bits per heavy atom. The van der Waals surface area contributed by atoms with Crippen molar-refractivity contribution in [2.75, 3.05) is 11.1 Å². The van der Waals surface area contributed by atoms with Gasteiger partial charge in [-0.25, -0.2) is 4.79 Å². The summed E-state index contributed by atoms with van der Waals surface area (Å²) in [5.41, 5.74) is 0.409. The maximum atomic E-state index is 11.9. The average Bonchev–Trinajstić information content (AvgIpc) is 2.45. The molecule has 21 heavy (non-hydrogen) atoms. The molecular formula is C15H12ClNO3S.